The summed E-state index contributed by atoms with van der Waals surface area (Å²) in [6.07, 6.45) is 0. The number of hydrogen-bond acceptors (Lipinski definition) is 2. The van der Waals surface area contributed by atoms with Gasteiger partial charge in [0, 0.05) is 26.7 Å². The normalized spacial score (nSPS) is 12.4. The van der Waals surface area contributed by atoms with Crippen molar-refractivity contribution in [3.05, 3.63) is 63.3 Å². The van der Waals surface area contributed by atoms with Crippen molar-refractivity contribution in [2.24, 2.45) is 0 Å². The van der Waals surface area contributed by atoms with Gasteiger partial charge in [0.1, 0.15) is 5.82 Å². The maximum absolute atomic E-state index is 14.1. The Hall–Kier alpha value is -0.550. The van der Waals surface area contributed by atoms with Crippen molar-refractivity contribution in [1.29, 1.82) is 0 Å². The smallest absolute Gasteiger partial charge is 0.128 e. The Morgan fingerprint density at radius 2 is 2.05 bits per heavy atom. The molecule has 112 valence electrons. The number of thioether (sulfide) groups is 1. The lowest BCUT2D eigenvalue weighted by molar-refractivity contribution is 0.545. The van der Waals surface area contributed by atoms with Gasteiger partial charge in [-0.1, -0.05) is 46.6 Å². The second kappa shape index (κ2) is 8.18. The maximum Gasteiger partial charge on any atom is 0.128 e. The van der Waals surface area contributed by atoms with Crippen LogP contribution in [0.25, 0.3) is 0 Å². The molecule has 0 bridgehead atoms. The van der Waals surface area contributed by atoms with Gasteiger partial charge in [0.15, 0.2) is 0 Å². The molecule has 0 saturated carbocycles. The van der Waals surface area contributed by atoms with Crippen LogP contribution in [0, 0.1) is 5.82 Å². The fourth-order valence-corrected chi connectivity index (χ4v) is 3.72. The van der Waals surface area contributed by atoms with Crippen LogP contribution in [0.15, 0.2) is 51.8 Å². The lowest BCUT2D eigenvalue weighted by atomic mass is 10.1. The number of hydrogen-bond donors (Lipinski definition) is 1. The second-order valence-corrected chi connectivity index (χ2v) is 6.90. The van der Waals surface area contributed by atoms with E-state index in [9.17, 15) is 4.39 Å². The molecule has 1 atom stereocenters. The quantitative estimate of drug-likeness (QED) is 0.638. The van der Waals surface area contributed by atoms with Crippen molar-refractivity contribution in [3.8, 4) is 0 Å². The van der Waals surface area contributed by atoms with Gasteiger partial charge in [0.05, 0.1) is 5.02 Å². The molecule has 0 radical (unpaired) electrons. The van der Waals surface area contributed by atoms with E-state index in [2.05, 4.69) is 21.2 Å². The highest BCUT2D eigenvalue weighted by Gasteiger charge is 2.16. The zero-order valence-corrected chi connectivity index (χ0v) is 14.7. The van der Waals surface area contributed by atoms with Crippen molar-refractivity contribution < 1.29 is 4.39 Å². The van der Waals surface area contributed by atoms with Crippen LogP contribution in [-0.4, -0.2) is 12.3 Å². The molecule has 5 heteroatoms. The van der Waals surface area contributed by atoms with Gasteiger partial charge in [-0.2, -0.15) is 0 Å². The Balaban J connectivity index is 2.16. The Morgan fingerprint density at radius 1 is 1.29 bits per heavy atom. The summed E-state index contributed by atoms with van der Waals surface area (Å²) in [5, 5.41) is 4.06. The van der Waals surface area contributed by atoms with Gasteiger partial charge in [0.2, 0.25) is 0 Å². The largest absolute Gasteiger partial charge is 0.309 e. The van der Waals surface area contributed by atoms with E-state index in [1.165, 1.54) is 6.07 Å². The van der Waals surface area contributed by atoms with Crippen LogP contribution >= 0.6 is 39.3 Å². The number of nitrogens with one attached hydrogen (secondary N) is 1. The molecule has 0 aliphatic rings. The summed E-state index contributed by atoms with van der Waals surface area (Å²) in [6.45, 7) is 2.79. The van der Waals surface area contributed by atoms with Crippen LogP contribution in [-0.2, 0) is 0 Å². The summed E-state index contributed by atoms with van der Waals surface area (Å²) in [4.78, 5) is 1.01. The molecule has 1 unspecified atom stereocenters. The molecule has 0 heterocycles. The van der Waals surface area contributed by atoms with Crippen molar-refractivity contribution >= 4 is 39.3 Å². The minimum atomic E-state index is -0.191. The maximum atomic E-state index is 14.1. The zero-order valence-electron chi connectivity index (χ0n) is 11.6. The van der Waals surface area contributed by atoms with E-state index in [0.717, 1.165) is 20.9 Å². The van der Waals surface area contributed by atoms with E-state index in [4.69, 9.17) is 11.6 Å². The highest BCUT2D eigenvalue weighted by atomic mass is 79.9. The van der Waals surface area contributed by atoms with Crippen molar-refractivity contribution in [1.82, 2.24) is 5.32 Å². The monoisotopic (exact) mass is 387 g/mol. The van der Waals surface area contributed by atoms with E-state index < -0.39 is 0 Å². The van der Waals surface area contributed by atoms with Crippen LogP contribution in [0.2, 0.25) is 5.02 Å². The summed E-state index contributed by atoms with van der Waals surface area (Å²) in [7, 11) is 0. The van der Waals surface area contributed by atoms with Gasteiger partial charge < -0.3 is 5.32 Å². The average molecular weight is 389 g/mol. The van der Waals surface area contributed by atoms with Crippen molar-refractivity contribution in [2.75, 3.05) is 12.3 Å². The molecule has 0 amide bonds. The molecule has 0 fully saturated rings. The third-order valence-corrected chi connectivity index (χ3v) is 5.13. The van der Waals surface area contributed by atoms with E-state index in [1.807, 2.05) is 37.3 Å². The lowest BCUT2D eigenvalue weighted by Crippen LogP contribution is -2.24. The van der Waals surface area contributed by atoms with E-state index in [-0.39, 0.29) is 11.9 Å². The van der Waals surface area contributed by atoms with Crippen LogP contribution in [0.5, 0.6) is 0 Å². The lowest BCUT2D eigenvalue weighted by Gasteiger charge is -2.19. The number of rotatable bonds is 6. The number of halogens is 3. The zero-order chi connectivity index (χ0) is 15.2. The van der Waals surface area contributed by atoms with Gasteiger partial charge in [0.25, 0.3) is 0 Å². The Bertz CT molecular complexity index is 609. The molecular formula is C16H16BrClFNS. The Kier molecular flexibility index (Phi) is 6.55. The predicted octanol–water partition coefficient (Wildman–Crippen LogP) is 5.68. The van der Waals surface area contributed by atoms with E-state index in [1.54, 1.807) is 17.8 Å². The first-order valence-corrected chi connectivity index (χ1v) is 8.83. The molecule has 2 aromatic carbocycles. The molecular weight excluding hydrogens is 373 g/mol. The summed E-state index contributed by atoms with van der Waals surface area (Å²) >= 11 is 11.2. The molecule has 1 nitrogen and oxygen atoms in total. The molecule has 1 N–H and O–H groups in total. The number of benzene rings is 2. The highest BCUT2D eigenvalue weighted by molar-refractivity contribution is 9.10. The molecule has 0 aromatic heterocycles. The first-order valence-electron chi connectivity index (χ1n) is 6.67. The standard InChI is InChI=1S/C16H16BrClFNS/c1-2-20-15(12-9-11(17)7-8-14(12)19)10-21-16-6-4-3-5-13(16)18/h3-9,15,20H,2,10H2,1H3. The molecule has 0 aliphatic carbocycles. The van der Waals surface area contributed by atoms with Gasteiger partial charge in [-0.15, -0.1) is 11.8 Å². The van der Waals surface area contributed by atoms with Crippen LogP contribution < -0.4 is 5.32 Å². The predicted molar refractivity (Wildman–Crippen MR) is 92.7 cm³/mol. The first kappa shape index (κ1) is 16.8. The molecule has 0 saturated heterocycles. The third kappa shape index (κ3) is 4.71. The van der Waals surface area contributed by atoms with Crippen LogP contribution in [0.3, 0.4) is 0 Å². The third-order valence-electron chi connectivity index (χ3n) is 3.03. The minimum Gasteiger partial charge on any atom is -0.309 e. The minimum absolute atomic E-state index is 0.0613. The van der Waals surface area contributed by atoms with Crippen molar-refractivity contribution in [2.45, 2.75) is 17.9 Å². The Morgan fingerprint density at radius 3 is 2.76 bits per heavy atom. The van der Waals surface area contributed by atoms with Crippen molar-refractivity contribution in [3.63, 3.8) is 0 Å². The Labute approximate surface area is 142 Å². The fraction of sp³-hybridized carbons (Fsp3) is 0.250. The van der Waals surface area contributed by atoms with Crippen LogP contribution in [0.4, 0.5) is 4.39 Å². The molecule has 0 aliphatic heterocycles. The van der Waals surface area contributed by atoms with Crippen LogP contribution in [0.1, 0.15) is 18.5 Å². The SMILES string of the molecule is CCNC(CSc1ccccc1Cl)c1cc(Br)ccc1F. The van der Waals surface area contributed by atoms with Gasteiger partial charge in [-0.05, 0) is 36.9 Å². The summed E-state index contributed by atoms with van der Waals surface area (Å²) in [5.41, 5.74) is 0.672. The van der Waals surface area contributed by atoms with Gasteiger partial charge in [-0.3, -0.25) is 0 Å². The summed E-state index contributed by atoms with van der Waals surface area (Å²) < 4.78 is 14.9. The molecule has 0 spiro atoms. The highest BCUT2D eigenvalue weighted by Crippen LogP contribution is 2.31. The average Bonchev–Trinajstić information content (AvgIpc) is 2.48. The first-order chi connectivity index (χ1) is 10.1. The molecule has 2 aromatic rings. The van der Waals surface area contributed by atoms with Gasteiger partial charge in [-0.25, -0.2) is 4.39 Å². The second-order valence-electron chi connectivity index (χ2n) is 4.52. The topological polar surface area (TPSA) is 12.0 Å². The fourth-order valence-electron chi connectivity index (χ4n) is 2.02. The summed E-state index contributed by atoms with van der Waals surface area (Å²) in [6, 6.07) is 12.7. The molecule has 21 heavy (non-hydrogen) atoms. The summed E-state index contributed by atoms with van der Waals surface area (Å²) in [5.74, 6) is 0.522. The van der Waals surface area contributed by atoms with Gasteiger partial charge >= 0.3 is 0 Å². The molecule has 2 rings (SSSR count). The van der Waals surface area contributed by atoms with E-state index in [0.29, 0.717) is 11.3 Å². The van der Waals surface area contributed by atoms with E-state index >= 15 is 0 Å².